The van der Waals surface area contributed by atoms with E-state index in [1.165, 1.54) is 24.5 Å². The van der Waals surface area contributed by atoms with E-state index in [1.807, 2.05) is 0 Å². The molecular formula is C19H13ClN4O4. The fourth-order valence-electron chi connectivity index (χ4n) is 2.22. The highest BCUT2D eigenvalue weighted by Crippen LogP contribution is 2.35. The van der Waals surface area contributed by atoms with Crippen molar-refractivity contribution in [1.82, 2.24) is 10.4 Å². The van der Waals surface area contributed by atoms with E-state index in [0.717, 1.165) is 0 Å². The van der Waals surface area contributed by atoms with Crippen molar-refractivity contribution in [1.29, 1.82) is 0 Å². The zero-order valence-electron chi connectivity index (χ0n) is 14.3. The maximum absolute atomic E-state index is 11.9. The van der Waals surface area contributed by atoms with Crippen molar-refractivity contribution in [3.05, 3.63) is 93.3 Å². The summed E-state index contributed by atoms with van der Waals surface area (Å²) in [6.07, 6.45) is 4.24. The summed E-state index contributed by atoms with van der Waals surface area (Å²) in [5.41, 5.74) is 2.82. The van der Waals surface area contributed by atoms with Crippen LogP contribution in [0.3, 0.4) is 0 Å². The number of carbonyl (C=O) groups is 1. The molecule has 9 heteroatoms. The van der Waals surface area contributed by atoms with Crippen LogP contribution in [-0.4, -0.2) is 22.0 Å². The summed E-state index contributed by atoms with van der Waals surface area (Å²) in [5, 5.41) is 15.5. The van der Waals surface area contributed by atoms with E-state index < -0.39 is 10.8 Å². The highest BCUT2D eigenvalue weighted by atomic mass is 35.5. The molecule has 0 radical (unpaired) electrons. The molecule has 3 aromatic rings. The Bertz CT molecular complexity index is 1040. The number of rotatable bonds is 6. The molecule has 0 aliphatic carbocycles. The SMILES string of the molecule is O=C(N/N=C\c1ccc(Oc2ccccc2Cl)c([N+](=O)[O-])c1)c1cccnc1. The van der Waals surface area contributed by atoms with Gasteiger partial charge in [0.05, 0.1) is 21.7 Å². The molecule has 28 heavy (non-hydrogen) atoms. The van der Waals surface area contributed by atoms with Crippen LogP contribution in [0, 0.1) is 10.1 Å². The molecule has 1 amide bonds. The fraction of sp³-hybridized carbons (Fsp3) is 0. The first kappa shape index (κ1) is 19.0. The Morgan fingerprint density at radius 3 is 2.71 bits per heavy atom. The Hall–Kier alpha value is -3.78. The number of ether oxygens (including phenoxy) is 1. The van der Waals surface area contributed by atoms with Gasteiger partial charge in [-0.05, 0) is 36.4 Å². The van der Waals surface area contributed by atoms with E-state index in [0.29, 0.717) is 21.9 Å². The summed E-state index contributed by atoms with van der Waals surface area (Å²) in [4.78, 5) is 26.6. The van der Waals surface area contributed by atoms with E-state index in [4.69, 9.17) is 16.3 Å². The van der Waals surface area contributed by atoms with Gasteiger partial charge < -0.3 is 4.74 Å². The van der Waals surface area contributed by atoms with Crippen LogP contribution in [0.5, 0.6) is 11.5 Å². The quantitative estimate of drug-likeness (QED) is 0.381. The van der Waals surface area contributed by atoms with Gasteiger partial charge in [0.2, 0.25) is 5.75 Å². The van der Waals surface area contributed by atoms with E-state index in [1.54, 1.807) is 48.7 Å². The number of hydrogen-bond acceptors (Lipinski definition) is 6. The van der Waals surface area contributed by atoms with Crippen LogP contribution in [-0.2, 0) is 0 Å². The number of halogens is 1. The third kappa shape index (κ3) is 4.68. The molecule has 0 saturated carbocycles. The highest BCUT2D eigenvalue weighted by molar-refractivity contribution is 6.32. The summed E-state index contributed by atoms with van der Waals surface area (Å²) in [6, 6.07) is 14.2. The van der Waals surface area contributed by atoms with E-state index in [2.05, 4.69) is 15.5 Å². The second-order valence-corrected chi connectivity index (χ2v) is 5.86. The van der Waals surface area contributed by atoms with Gasteiger partial charge in [-0.2, -0.15) is 5.10 Å². The summed E-state index contributed by atoms with van der Waals surface area (Å²) in [5.74, 6) is -0.107. The van der Waals surface area contributed by atoms with Crippen molar-refractivity contribution in [3.8, 4) is 11.5 Å². The molecule has 0 unspecified atom stereocenters. The second-order valence-electron chi connectivity index (χ2n) is 5.46. The van der Waals surface area contributed by atoms with E-state index in [9.17, 15) is 14.9 Å². The molecule has 0 spiro atoms. The lowest BCUT2D eigenvalue weighted by Gasteiger charge is -2.08. The third-order valence-corrected chi connectivity index (χ3v) is 3.85. The van der Waals surface area contributed by atoms with Crippen molar-refractivity contribution in [2.45, 2.75) is 0 Å². The molecule has 0 fully saturated rings. The molecule has 2 aromatic carbocycles. The molecule has 8 nitrogen and oxygen atoms in total. The standard InChI is InChI=1S/C19H13ClN4O4/c20-15-5-1-2-6-17(15)28-18-8-7-13(10-16(18)24(26)27)11-22-23-19(25)14-4-3-9-21-12-14/h1-12H,(H,23,25)/b22-11-. The fourth-order valence-corrected chi connectivity index (χ4v) is 2.39. The smallest absolute Gasteiger partial charge is 0.312 e. The number of para-hydroxylation sites is 1. The van der Waals surface area contributed by atoms with Crippen LogP contribution < -0.4 is 10.2 Å². The van der Waals surface area contributed by atoms with Gasteiger partial charge in [-0.3, -0.25) is 19.9 Å². The number of nitro groups is 1. The van der Waals surface area contributed by atoms with Crippen molar-refractivity contribution in [2.24, 2.45) is 5.10 Å². The first-order valence-corrected chi connectivity index (χ1v) is 8.36. The molecule has 140 valence electrons. The van der Waals surface area contributed by atoms with E-state index >= 15 is 0 Å². The Morgan fingerprint density at radius 1 is 1.18 bits per heavy atom. The lowest BCUT2D eigenvalue weighted by Crippen LogP contribution is -2.17. The second kappa shape index (κ2) is 8.74. The van der Waals surface area contributed by atoms with E-state index in [-0.39, 0.29) is 11.4 Å². The average molecular weight is 397 g/mol. The number of hydrazone groups is 1. The Balaban J connectivity index is 1.76. The van der Waals surface area contributed by atoms with Crippen molar-refractivity contribution < 1.29 is 14.5 Å². The number of hydrogen-bond donors (Lipinski definition) is 1. The Morgan fingerprint density at radius 2 is 2.00 bits per heavy atom. The van der Waals surface area contributed by atoms with Gasteiger partial charge >= 0.3 is 5.69 Å². The summed E-state index contributed by atoms with van der Waals surface area (Å²) >= 11 is 6.03. The predicted molar refractivity (Wildman–Crippen MR) is 104 cm³/mol. The van der Waals surface area contributed by atoms with Gasteiger partial charge in [-0.15, -0.1) is 0 Å². The number of pyridine rings is 1. The van der Waals surface area contributed by atoms with Crippen LogP contribution in [0.25, 0.3) is 0 Å². The monoisotopic (exact) mass is 396 g/mol. The molecule has 1 N–H and O–H groups in total. The number of carbonyl (C=O) groups excluding carboxylic acids is 1. The minimum absolute atomic E-state index is 0.0367. The molecule has 0 aliphatic rings. The maximum atomic E-state index is 11.9. The summed E-state index contributed by atoms with van der Waals surface area (Å²) in [6.45, 7) is 0. The highest BCUT2D eigenvalue weighted by Gasteiger charge is 2.17. The van der Waals surface area contributed by atoms with Gasteiger partial charge in [0.25, 0.3) is 5.91 Å². The largest absolute Gasteiger partial charge is 0.449 e. The number of nitro benzene ring substituents is 1. The number of nitrogens with zero attached hydrogens (tertiary/aromatic N) is 3. The third-order valence-electron chi connectivity index (χ3n) is 3.54. The zero-order valence-corrected chi connectivity index (χ0v) is 15.0. The van der Waals surface area contributed by atoms with Gasteiger partial charge in [-0.1, -0.05) is 23.7 Å². The van der Waals surface area contributed by atoms with Gasteiger partial charge in [-0.25, -0.2) is 5.43 Å². The molecule has 1 heterocycles. The molecule has 0 bridgehead atoms. The lowest BCUT2D eigenvalue weighted by atomic mass is 10.2. The number of benzene rings is 2. The summed E-state index contributed by atoms with van der Waals surface area (Å²) < 4.78 is 5.56. The van der Waals surface area contributed by atoms with Gasteiger partial charge in [0.1, 0.15) is 5.75 Å². The number of aromatic nitrogens is 1. The van der Waals surface area contributed by atoms with Crippen LogP contribution in [0.1, 0.15) is 15.9 Å². The first-order valence-electron chi connectivity index (χ1n) is 7.99. The van der Waals surface area contributed by atoms with Gasteiger partial charge in [0.15, 0.2) is 0 Å². The lowest BCUT2D eigenvalue weighted by molar-refractivity contribution is -0.385. The molecular weight excluding hydrogens is 384 g/mol. The van der Waals surface area contributed by atoms with Gasteiger partial charge in [0, 0.05) is 24.0 Å². The first-order chi connectivity index (χ1) is 13.5. The topological polar surface area (TPSA) is 107 Å². The van der Waals surface area contributed by atoms with Crippen LogP contribution in [0.4, 0.5) is 5.69 Å². The molecule has 0 atom stereocenters. The minimum Gasteiger partial charge on any atom is -0.449 e. The molecule has 0 aliphatic heterocycles. The minimum atomic E-state index is -0.572. The normalized spacial score (nSPS) is 10.6. The zero-order chi connectivity index (χ0) is 19.9. The molecule has 3 rings (SSSR count). The maximum Gasteiger partial charge on any atom is 0.312 e. The number of amides is 1. The molecule has 1 aromatic heterocycles. The molecule has 0 saturated heterocycles. The van der Waals surface area contributed by atoms with Crippen molar-refractivity contribution >= 4 is 29.4 Å². The van der Waals surface area contributed by atoms with Crippen LogP contribution in [0.15, 0.2) is 72.1 Å². The van der Waals surface area contributed by atoms with Crippen LogP contribution in [0.2, 0.25) is 5.02 Å². The Labute approximate surface area is 164 Å². The van der Waals surface area contributed by atoms with Crippen molar-refractivity contribution in [2.75, 3.05) is 0 Å². The average Bonchev–Trinajstić information content (AvgIpc) is 2.71. The van der Waals surface area contributed by atoms with Crippen molar-refractivity contribution in [3.63, 3.8) is 0 Å². The number of nitrogens with one attached hydrogen (secondary N) is 1. The summed E-state index contributed by atoms with van der Waals surface area (Å²) in [7, 11) is 0. The predicted octanol–water partition coefficient (Wildman–Crippen LogP) is 4.20. The Kier molecular flexibility index (Phi) is 5.93. The van der Waals surface area contributed by atoms with Crippen LogP contribution >= 0.6 is 11.6 Å².